The summed E-state index contributed by atoms with van der Waals surface area (Å²) in [6, 6.07) is 8.53. The van der Waals surface area contributed by atoms with Crippen LogP contribution in [0.1, 0.15) is 44.6 Å². The van der Waals surface area contributed by atoms with E-state index in [2.05, 4.69) is 10.6 Å². The van der Waals surface area contributed by atoms with E-state index in [-0.39, 0.29) is 18.0 Å². The molecule has 4 atom stereocenters. The third-order valence-electron chi connectivity index (χ3n) is 5.06. The first kappa shape index (κ1) is 16.3. The van der Waals surface area contributed by atoms with Crippen molar-refractivity contribution in [3.05, 3.63) is 29.8 Å². The Labute approximate surface area is 139 Å². The van der Waals surface area contributed by atoms with Crippen LogP contribution in [0.4, 0.5) is 0 Å². The summed E-state index contributed by atoms with van der Waals surface area (Å²) in [5.41, 5.74) is 1.18. The van der Waals surface area contributed by atoms with E-state index in [0.29, 0.717) is 18.6 Å². The molecule has 1 aliphatic heterocycles. The summed E-state index contributed by atoms with van der Waals surface area (Å²) in [7, 11) is 0. The van der Waals surface area contributed by atoms with E-state index in [1.165, 1.54) is 31.2 Å². The summed E-state index contributed by atoms with van der Waals surface area (Å²) in [5.74, 6) is 1.68. The minimum atomic E-state index is -0.0236. The van der Waals surface area contributed by atoms with Crippen molar-refractivity contribution in [3.8, 4) is 5.75 Å². The highest BCUT2D eigenvalue weighted by molar-refractivity contribution is 5.82. The SMILES string of the molecule is Cc1cccc(OCC(C)NC(=O)C2CC3CCCCC3N2)c1. The van der Waals surface area contributed by atoms with Crippen molar-refractivity contribution in [2.24, 2.45) is 5.92 Å². The van der Waals surface area contributed by atoms with Gasteiger partial charge in [0.15, 0.2) is 0 Å². The molecule has 2 N–H and O–H groups in total. The number of rotatable bonds is 5. The Morgan fingerprint density at radius 3 is 3.00 bits per heavy atom. The summed E-state index contributed by atoms with van der Waals surface area (Å²) in [5, 5.41) is 6.62. The van der Waals surface area contributed by atoms with Crippen LogP contribution in [0, 0.1) is 12.8 Å². The van der Waals surface area contributed by atoms with Crippen LogP contribution in [-0.4, -0.2) is 30.6 Å². The molecule has 126 valence electrons. The van der Waals surface area contributed by atoms with Gasteiger partial charge in [-0.25, -0.2) is 0 Å². The topological polar surface area (TPSA) is 50.4 Å². The van der Waals surface area contributed by atoms with E-state index >= 15 is 0 Å². The standard InChI is InChI=1S/C19H28N2O2/c1-13-6-5-8-16(10-13)23-12-14(2)20-19(22)18-11-15-7-3-4-9-17(15)21-18/h5-6,8,10,14-15,17-18,21H,3-4,7,9,11-12H2,1-2H3,(H,20,22). The van der Waals surface area contributed by atoms with Gasteiger partial charge in [-0.05, 0) is 56.7 Å². The zero-order valence-corrected chi connectivity index (χ0v) is 14.2. The zero-order valence-electron chi connectivity index (χ0n) is 14.2. The van der Waals surface area contributed by atoms with E-state index in [4.69, 9.17) is 4.74 Å². The van der Waals surface area contributed by atoms with Crippen LogP contribution in [0.2, 0.25) is 0 Å². The number of carbonyl (C=O) groups excluding carboxylic acids is 1. The number of aryl methyl sites for hydroxylation is 1. The van der Waals surface area contributed by atoms with E-state index in [1.54, 1.807) is 0 Å². The van der Waals surface area contributed by atoms with Crippen LogP contribution in [0.3, 0.4) is 0 Å². The van der Waals surface area contributed by atoms with Gasteiger partial charge < -0.3 is 15.4 Å². The zero-order chi connectivity index (χ0) is 16.2. The number of hydrogen-bond acceptors (Lipinski definition) is 3. The monoisotopic (exact) mass is 316 g/mol. The van der Waals surface area contributed by atoms with Gasteiger partial charge in [0, 0.05) is 6.04 Å². The second kappa shape index (κ2) is 7.35. The Kier molecular flexibility index (Phi) is 5.21. The van der Waals surface area contributed by atoms with Crippen LogP contribution < -0.4 is 15.4 Å². The van der Waals surface area contributed by atoms with Crippen LogP contribution in [-0.2, 0) is 4.79 Å². The fourth-order valence-corrected chi connectivity index (χ4v) is 3.83. The molecule has 23 heavy (non-hydrogen) atoms. The quantitative estimate of drug-likeness (QED) is 0.878. The van der Waals surface area contributed by atoms with Crippen LogP contribution in [0.15, 0.2) is 24.3 Å². The molecule has 4 heteroatoms. The number of benzene rings is 1. The number of hydrogen-bond donors (Lipinski definition) is 2. The summed E-state index contributed by atoms with van der Waals surface area (Å²) < 4.78 is 5.77. The number of amides is 1. The first-order valence-electron chi connectivity index (χ1n) is 8.87. The number of nitrogens with one attached hydrogen (secondary N) is 2. The molecule has 1 aromatic rings. The molecule has 1 aromatic carbocycles. The molecule has 1 aliphatic carbocycles. The number of fused-ring (bicyclic) bond motifs is 1. The molecular formula is C19H28N2O2. The normalized spacial score (nSPS) is 28.0. The predicted molar refractivity (Wildman–Crippen MR) is 91.6 cm³/mol. The summed E-state index contributed by atoms with van der Waals surface area (Å²) in [6.07, 6.45) is 6.09. The summed E-state index contributed by atoms with van der Waals surface area (Å²) in [6.45, 7) is 4.54. The van der Waals surface area contributed by atoms with E-state index in [0.717, 1.165) is 12.2 Å². The first-order valence-corrected chi connectivity index (χ1v) is 8.87. The molecule has 0 spiro atoms. The molecule has 1 amide bonds. The number of ether oxygens (including phenoxy) is 1. The first-order chi connectivity index (χ1) is 11.1. The van der Waals surface area contributed by atoms with Gasteiger partial charge in [-0.2, -0.15) is 0 Å². The average Bonchev–Trinajstić information content (AvgIpc) is 2.97. The molecule has 0 bridgehead atoms. The highest BCUT2D eigenvalue weighted by atomic mass is 16.5. The maximum atomic E-state index is 12.4. The Hall–Kier alpha value is -1.55. The van der Waals surface area contributed by atoms with Gasteiger partial charge in [0.1, 0.15) is 12.4 Å². The third kappa shape index (κ3) is 4.25. The van der Waals surface area contributed by atoms with Crippen LogP contribution >= 0.6 is 0 Å². The molecule has 1 saturated heterocycles. The van der Waals surface area contributed by atoms with Gasteiger partial charge in [0.05, 0.1) is 12.1 Å². The largest absolute Gasteiger partial charge is 0.491 e. The van der Waals surface area contributed by atoms with Gasteiger partial charge in [-0.3, -0.25) is 4.79 Å². The Bertz CT molecular complexity index is 532. The second-order valence-electron chi connectivity index (χ2n) is 7.14. The molecular weight excluding hydrogens is 288 g/mol. The fraction of sp³-hybridized carbons (Fsp3) is 0.632. The lowest BCUT2D eigenvalue weighted by Crippen LogP contribution is -2.47. The molecule has 2 fully saturated rings. The summed E-state index contributed by atoms with van der Waals surface area (Å²) in [4.78, 5) is 12.4. The minimum absolute atomic E-state index is 0.00689. The third-order valence-corrected chi connectivity index (χ3v) is 5.06. The van der Waals surface area contributed by atoms with Gasteiger partial charge in [-0.15, -0.1) is 0 Å². The van der Waals surface area contributed by atoms with Crippen molar-refractivity contribution >= 4 is 5.91 Å². The lowest BCUT2D eigenvalue weighted by atomic mass is 9.85. The highest BCUT2D eigenvalue weighted by Gasteiger charge is 2.38. The Balaban J connectivity index is 1.44. The minimum Gasteiger partial charge on any atom is -0.491 e. The Morgan fingerprint density at radius 2 is 2.22 bits per heavy atom. The van der Waals surface area contributed by atoms with Gasteiger partial charge in [-0.1, -0.05) is 25.0 Å². The van der Waals surface area contributed by atoms with Gasteiger partial charge in [0.2, 0.25) is 5.91 Å². The maximum absolute atomic E-state index is 12.4. The number of carbonyl (C=O) groups is 1. The van der Waals surface area contributed by atoms with Crippen molar-refractivity contribution in [3.63, 3.8) is 0 Å². The van der Waals surface area contributed by atoms with Gasteiger partial charge >= 0.3 is 0 Å². The van der Waals surface area contributed by atoms with Crippen molar-refractivity contribution < 1.29 is 9.53 Å². The average molecular weight is 316 g/mol. The highest BCUT2D eigenvalue weighted by Crippen LogP contribution is 2.33. The van der Waals surface area contributed by atoms with Crippen LogP contribution in [0.25, 0.3) is 0 Å². The fourth-order valence-electron chi connectivity index (χ4n) is 3.83. The second-order valence-corrected chi connectivity index (χ2v) is 7.14. The lowest BCUT2D eigenvalue weighted by Gasteiger charge is -2.24. The molecule has 0 aromatic heterocycles. The molecule has 3 rings (SSSR count). The molecule has 4 nitrogen and oxygen atoms in total. The summed E-state index contributed by atoms with van der Waals surface area (Å²) >= 11 is 0. The van der Waals surface area contributed by atoms with E-state index < -0.39 is 0 Å². The van der Waals surface area contributed by atoms with Crippen LogP contribution in [0.5, 0.6) is 5.75 Å². The van der Waals surface area contributed by atoms with Gasteiger partial charge in [0.25, 0.3) is 0 Å². The van der Waals surface area contributed by atoms with Crippen molar-refractivity contribution in [1.82, 2.24) is 10.6 Å². The molecule has 1 heterocycles. The lowest BCUT2D eigenvalue weighted by molar-refractivity contribution is -0.123. The Morgan fingerprint density at radius 1 is 1.39 bits per heavy atom. The van der Waals surface area contributed by atoms with E-state index in [9.17, 15) is 4.79 Å². The van der Waals surface area contributed by atoms with E-state index in [1.807, 2.05) is 38.1 Å². The smallest absolute Gasteiger partial charge is 0.237 e. The van der Waals surface area contributed by atoms with Crippen molar-refractivity contribution in [1.29, 1.82) is 0 Å². The molecule has 1 saturated carbocycles. The maximum Gasteiger partial charge on any atom is 0.237 e. The molecule has 0 radical (unpaired) electrons. The molecule has 2 aliphatic rings. The van der Waals surface area contributed by atoms with Crippen molar-refractivity contribution in [2.75, 3.05) is 6.61 Å². The van der Waals surface area contributed by atoms with Crippen molar-refractivity contribution in [2.45, 2.75) is 64.1 Å². The molecule has 4 unspecified atom stereocenters. The predicted octanol–water partition coefficient (Wildman–Crippen LogP) is 2.80.